The molecule has 0 saturated carbocycles. The molecule has 11 heavy (non-hydrogen) atoms. The first-order chi connectivity index (χ1) is 4.86. The van der Waals surface area contributed by atoms with Crippen LogP contribution in [0.4, 0.5) is 0 Å². The third-order valence-corrected chi connectivity index (χ3v) is 5.65. The molecule has 0 nitrogen and oxygen atoms in total. The Morgan fingerprint density at radius 1 is 1.00 bits per heavy atom. The topological polar surface area (TPSA) is 0 Å². The molecule has 3 heteroatoms. The van der Waals surface area contributed by atoms with E-state index in [0.29, 0.717) is 0 Å². The average Bonchev–Trinajstić information content (AvgIpc) is 1.86. The molecule has 0 aliphatic carbocycles. The Hall–Kier alpha value is 0.610. The summed E-state index contributed by atoms with van der Waals surface area (Å²) in [7, 11) is 0. The Morgan fingerprint density at radius 3 is 1.73 bits per heavy atom. The Labute approximate surface area is 83.8 Å². The van der Waals surface area contributed by atoms with E-state index in [4.69, 9.17) is 0 Å². The molecule has 62 valence electrons. The molecule has 0 unspecified atom stereocenters. The van der Waals surface area contributed by atoms with Crippen LogP contribution in [0.2, 0.25) is 0 Å². The third kappa shape index (κ3) is 2.85. The molecule has 1 aromatic rings. The summed E-state index contributed by atoms with van der Waals surface area (Å²) < 4.78 is -1.87. The Morgan fingerprint density at radius 2 is 1.45 bits per heavy atom. The van der Waals surface area contributed by atoms with Crippen LogP contribution in [0.1, 0.15) is 0 Å². The van der Waals surface area contributed by atoms with Gasteiger partial charge < -0.3 is 0 Å². The molecule has 0 saturated heterocycles. The summed E-state index contributed by atoms with van der Waals surface area (Å²) >= 11 is 7.48. The number of hydrogen-bond acceptors (Lipinski definition) is 0. The van der Waals surface area contributed by atoms with Gasteiger partial charge in [-0.15, -0.1) is 0 Å². The van der Waals surface area contributed by atoms with Gasteiger partial charge >= 0.3 is 84.0 Å². The summed E-state index contributed by atoms with van der Waals surface area (Å²) in [6.45, 7) is 4.42. The third-order valence-electron chi connectivity index (χ3n) is 1.47. The van der Waals surface area contributed by atoms with Crippen LogP contribution in [-0.2, 0) is 0 Å². The number of benzene rings is 1. The zero-order chi connectivity index (χ0) is 8.56. The van der Waals surface area contributed by atoms with E-state index in [1.807, 2.05) is 6.07 Å². The van der Waals surface area contributed by atoms with Crippen LogP contribution in [0, 0.1) is 0 Å². The Kier molecular flexibility index (Phi) is 2.49. The summed E-state index contributed by atoms with van der Waals surface area (Å²) in [5, 5.41) is 1.35. The van der Waals surface area contributed by atoms with E-state index < -0.39 is 4.01 Å². The van der Waals surface area contributed by atoms with Crippen LogP contribution in [0.15, 0.2) is 30.3 Å². The first kappa shape index (κ1) is 9.70. The second kappa shape index (κ2) is 2.83. The minimum absolute atomic E-state index is 1.35. The SMILES string of the molecule is CP(C)(Br)(Br)c1ccccc1. The summed E-state index contributed by atoms with van der Waals surface area (Å²) in [4.78, 5) is 0. The van der Waals surface area contributed by atoms with Gasteiger partial charge in [-0.1, -0.05) is 0 Å². The quantitative estimate of drug-likeness (QED) is 0.693. The van der Waals surface area contributed by atoms with Crippen molar-refractivity contribution in [2.24, 2.45) is 0 Å². The van der Waals surface area contributed by atoms with E-state index in [9.17, 15) is 0 Å². The van der Waals surface area contributed by atoms with Crippen LogP contribution < -0.4 is 5.30 Å². The van der Waals surface area contributed by atoms with E-state index in [1.54, 1.807) is 0 Å². The number of halogens is 2. The molecule has 1 rings (SSSR count). The van der Waals surface area contributed by atoms with Crippen molar-refractivity contribution < 1.29 is 0 Å². The van der Waals surface area contributed by atoms with Gasteiger partial charge in [-0.05, 0) is 0 Å². The van der Waals surface area contributed by atoms with Gasteiger partial charge in [0.05, 0.1) is 0 Å². The molecule has 0 aromatic heterocycles. The van der Waals surface area contributed by atoms with Crippen molar-refractivity contribution in [2.45, 2.75) is 0 Å². The summed E-state index contributed by atoms with van der Waals surface area (Å²) in [5.41, 5.74) is 0. The molecule has 1 aromatic carbocycles. The van der Waals surface area contributed by atoms with Gasteiger partial charge in [-0.2, -0.15) is 0 Å². The molecule has 0 fully saturated rings. The fourth-order valence-corrected chi connectivity index (χ4v) is 3.25. The van der Waals surface area contributed by atoms with E-state index in [-0.39, 0.29) is 0 Å². The molecule has 0 amide bonds. The van der Waals surface area contributed by atoms with Gasteiger partial charge in [0.2, 0.25) is 0 Å². The molecule has 0 atom stereocenters. The van der Waals surface area contributed by atoms with Gasteiger partial charge in [0.15, 0.2) is 0 Å². The fourth-order valence-electron chi connectivity index (χ4n) is 0.839. The Balaban J connectivity index is 3.14. The normalized spacial score (nSPS) is 15.5. The van der Waals surface area contributed by atoms with E-state index in [1.165, 1.54) is 5.30 Å². The van der Waals surface area contributed by atoms with Crippen LogP contribution in [0.5, 0.6) is 0 Å². The van der Waals surface area contributed by atoms with Crippen molar-refractivity contribution in [3.63, 3.8) is 0 Å². The number of rotatable bonds is 1. The number of hydrogen-bond donors (Lipinski definition) is 0. The Bertz CT molecular complexity index is 239. The van der Waals surface area contributed by atoms with Crippen molar-refractivity contribution >= 4 is 40.3 Å². The molecule has 0 spiro atoms. The van der Waals surface area contributed by atoms with Crippen LogP contribution in [-0.4, -0.2) is 13.3 Å². The monoisotopic (exact) mass is 296 g/mol. The second-order valence-corrected chi connectivity index (χ2v) is 22.9. The molecule has 0 N–H and O–H groups in total. The van der Waals surface area contributed by atoms with E-state index >= 15 is 0 Å². The van der Waals surface area contributed by atoms with E-state index in [0.717, 1.165) is 0 Å². The molecule has 0 aliphatic heterocycles. The molecule has 0 bridgehead atoms. The average molecular weight is 298 g/mol. The minimum atomic E-state index is -1.87. The van der Waals surface area contributed by atoms with Crippen molar-refractivity contribution in [3.05, 3.63) is 30.3 Å². The van der Waals surface area contributed by atoms with Crippen molar-refractivity contribution in [1.82, 2.24) is 0 Å². The molecular weight excluding hydrogens is 287 g/mol. The predicted molar refractivity (Wildman–Crippen MR) is 62.7 cm³/mol. The fraction of sp³-hybridized carbons (Fsp3) is 0.250. The van der Waals surface area contributed by atoms with Gasteiger partial charge in [0, 0.05) is 0 Å². The molecule has 0 heterocycles. The standard InChI is InChI=1S/C8H11Br2P/c1-11(2,9,10)8-6-4-3-5-7-8/h3-7H,1-2H3. The summed E-state index contributed by atoms with van der Waals surface area (Å²) in [6, 6.07) is 10.4. The van der Waals surface area contributed by atoms with Gasteiger partial charge in [-0.25, -0.2) is 0 Å². The maximum absolute atomic E-state index is 3.74. The van der Waals surface area contributed by atoms with Crippen LogP contribution in [0.25, 0.3) is 0 Å². The predicted octanol–water partition coefficient (Wildman–Crippen LogP) is 3.74. The molecular formula is C8H11Br2P. The van der Waals surface area contributed by atoms with Gasteiger partial charge in [0.1, 0.15) is 0 Å². The molecule has 0 radical (unpaired) electrons. The van der Waals surface area contributed by atoms with Crippen molar-refractivity contribution in [3.8, 4) is 0 Å². The summed E-state index contributed by atoms with van der Waals surface area (Å²) in [5.74, 6) is 0. The van der Waals surface area contributed by atoms with Crippen molar-refractivity contribution in [1.29, 1.82) is 0 Å². The zero-order valence-electron chi connectivity index (χ0n) is 6.59. The van der Waals surface area contributed by atoms with Crippen LogP contribution >= 0.6 is 35.0 Å². The second-order valence-electron chi connectivity index (χ2n) is 3.14. The van der Waals surface area contributed by atoms with Crippen LogP contribution in [0.3, 0.4) is 0 Å². The zero-order valence-corrected chi connectivity index (χ0v) is 10.7. The van der Waals surface area contributed by atoms with Gasteiger partial charge in [0.25, 0.3) is 0 Å². The first-order valence-electron chi connectivity index (χ1n) is 3.37. The van der Waals surface area contributed by atoms with Gasteiger partial charge in [-0.3, -0.25) is 0 Å². The molecule has 0 aliphatic rings. The van der Waals surface area contributed by atoms with Crippen molar-refractivity contribution in [2.75, 3.05) is 13.3 Å². The summed E-state index contributed by atoms with van der Waals surface area (Å²) in [6.07, 6.45) is 0. The first-order valence-corrected chi connectivity index (χ1v) is 10.5. The van der Waals surface area contributed by atoms with E-state index in [2.05, 4.69) is 68.6 Å². The maximum atomic E-state index is 3.74.